The molecule has 2 aliphatic rings. The molecule has 1 fully saturated rings. The quantitative estimate of drug-likeness (QED) is 0.652. The first-order valence-electron chi connectivity index (χ1n) is 12.0. The van der Waals surface area contributed by atoms with E-state index in [0.29, 0.717) is 19.7 Å². The number of urea groups is 1. The molecule has 0 bridgehead atoms. The number of ether oxygens (including phenoxy) is 1. The van der Waals surface area contributed by atoms with Crippen LogP contribution in [0, 0.1) is 6.92 Å². The van der Waals surface area contributed by atoms with E-state index < -0.39 is 5.54 Å². The maximum absolute atomic E-state index is 13.5. The summed E-state index contributed by atoms with van der Waals surface area (Å²) in [5, 5.41) is 3.24. The third kappa shape index (κ3) is 5.46. The predicted molar refractivity (Wildman–Crippen MR) is 129 cm³/mol. The van der Waals surface area contributed by atoms with Crippen LogP contribution in [-0.4, -0.2) is 42.2 Å². The van der Waals surface area contributed by atoms with Crippen LogP contribution in [0.4, 0.5) is 16.3 Å². The molecule has 1 aromatic carbocycles. The van der Waals surface area contributed by atoms with Gasteiger partial charge < -0.3 is 15.0 Å². The van der Waals surface area contributed by atoms with Gasteiger partial charge in [-0.25, -0.2) is 9.78 Å². The lowest BCUT2D eigenvalue weighted by atomic mass is 9.79. The number of esters is 1. The Balaban J connectivity index is 1.52. The Bertz CT molecular complexity index is 970. The first-order chi connectivity index (χ1) is 16.0. The summed E-state index contributed by atoms with van der Waals surface area (Å²) in [7, 11) is 0. The average Bonchev–Trinajstić information content (AvgIpc) is 2.81. The minimum atomic E-state index is -0.539. The zero-order valence-corrected chi connectivity index (χ0v) is 19.7. The minimum Gasteiger partial charge on any atom is -0.466 e. The van der Waals surface area contributed by atoms with Gasteiger partial charge in [0.05, 0.1) is 24.3 Å². The summed E-state index contributed by atoms with van der Waals surface area (Å²) in [6.45, 7) is 6.24. The second-order valence-corrected chi connectivity index (χ2v) is 9.16. The number of benzene rings is 1. The molecule has 2 amide bonds. The first-order valence-corrected chi connectivity index (χ1v) is 12.0. The van der Waals surface area contributed by atoms with Crippen molar-refractivity contribution in [2.24, 2.45) is 0 Å². The highest BCUT2D eigenvalue weighted by molar-refractivity contribution is 5.96. The van der Waals surface area contributed by atoms with Gasteiger partial charge in [-0.2, -0.15) is 0 Å². The van der Waals surface area contributed by atoms with Gasteiger partial charge in [-0.1, -0.05) is 49.1 Å². The summed E-state index contributed by atoms with van der Waals surface area (Å²) in [4.78, 5) is 34.4. The molecule has 0 radical (unpaired) electrons. The van der Waals surface area contributed by atoms with E-state index in [4.69, 9.17) is 4.74 Å². The molecule has 1 aliphatic heterocycles. The van der Waals surface area contributed by atoms with Crippen LogP contribution in [0.25, 0.3) is 0 Å². The molecule has 0 unspecified atom stereocenters. The van der Waals surface area contributed by atoms with Gasteiger partial charge in [0.2, 0.25) is 0 Å². The fourth-order valence-corrected chi connectivity index (χ4v) is 4.93. The number of fused-ring (bicyclic) bond motifs is 1. The van der Waals surface area contributed by atoms with Crippen molar-refractivity contribution in [3.63, 3.8) is 0 Å². The zero-order chi connectivity index (χ0) is 23.3. The van der Waals surface area contributed by atoms with Gasteiger partial charge in [0.15, 0.2) is 5.82 Å². The molecule has 7 nitrogen and oxygen atoms in total. The van der Waals surface area contributed by atoms with Gasteiger partial charge in [-0.05, 0) is 44.4 Å². The second-order valence-electron chi connectivity index (χ2n) is 9.16. The number of aromatic nitrogens is 1. The molecule has 7 heteroatoms. The lowest BCUT2D eigenvalue weighted by Gasteiger charge is -2.41. The van der Waals surface area contributed by atoms with E-state index in [-0.39, 0.29) is 18.4 Å². The highest BCUT2D eigenvalue weighted by Gasteiger charge is 2.39. The lowest BCUT2D eigenvalue weighted by Crippen LogP contribution is -2.57. The van der Waals surface area contributed by atoms with Crippen molar-refractivity contribution in [1.29, 1.82) is 0 Å². The maximum atomic E-state index is 13.5. The van der Waals surface area contributed by atoms with E-state index in [1.807, 2.05) is 19.1 Å². The topological polar surface area (TPSA) is 74.8 Å². The average molecular weight is 451 g/mol. The summed E-state index contributed by atoms with van der Waals surface area (Å²) in [6, 6.07) is 12.2. The summed E-state index contributed by atoms with van der Waals surface area (Å²) in [5.74, 6) is 0.562. The van der Waals surface area contributed by atoms with Crippen LogP contribution in [0.2, 0.25) is 0 Å². The lowest BCUT2D eigenvalue weighted by molar-refractivity contribution is -0.145. The van der Waals surface area contributed by atoms with Crippen molar-refractivity contribution in [2.75, 3.05) is 29.5 Å². The van der Waals surface area contributed by atoms with Crippen LogP contribution in [0.15, 0.2) is 42.6 Å². The number of nitrogens with zero attached hydrogens (tertiary/aromatic N) is 3. The van der Waals surface area contributed by atoms with Crippen molar-refractivity contribution < 1.29 is 14.3 Å². The number of anilines is 2. The highest BCUT2D eigenvalue weighted by atomic mass is 16.5. The third-order valence-electron chi connectivity index (χ3n) is 6.66. The van der Waals surface area contributed by atoms with Gasteiger partial charge in [0.1, 0.15) is 0 Å². The molecule has 176 valence electrons. The fourth-order valence-electron chi connectivity index (χ4n) is 4.93. The molecule has 33 heavy (non-hydrogen) atoms. The second kappa shape index (κ2) is 10.2. The van der Waals surface area contributed by atoms with Crippen molar-refractivity contribution in [3.05, 3.63) is 53.7 Å². The van der Waals surface area contributed by atoms with E-state index >= 15 is 0 Å². The van der Waals surface area contributed by atoms with Gasteiger partial charge >= 0.3 is 12.0 Å². The SMILES string of the molecule is CCOC(=O)CC1(NC(=O)N2CCN(Cc3ccc(C)cc3)c3ncccc32)CCCCC1. The van der Waals surface area contributed by atoms with E-state index in [9.17, 15) is 9.59 Å². The Morgan fingerprint density at radius 1 is 1.09 bits per heavy atom. The van der Waals surface area contributed by atoms with E-state index in [0.717, 1.165) is 50.2 Å². The molecule has 4 rings (SSSR count). The largest absolute Gasteiger partial charge is 0.466 e. The minimum absolute atomic E-state index is 0.162. The summed E-state index contributed by atoms with van der Waals surface area (Å²) in [5.41, 5.74) is 2.71. The van der Waals surface area contributed by atoms with Gasteiger partial charge in [-0.3, -0.25) is 9.69 Å². The Labute approximate surface area is 196 Å². The molecule has 1 N–H and O–H groups in total. The monoisotopic (exact) mass is 450 g/mol. The Kier molecular flexibility index (Phi) is 7.16. The number of pyridine rings is 1. The Morgan fingerprint density at radius 2 is 1.85 bits per heavy atom. The first kappa shape index (κ1) is 23.1. The van der Waals surface area contributed by atoms with Gasteiger partial charge in [-0.15, -0.1) is 0 Å². The molecule has 1 saturated carbocycles. The molecule has 1 aromatic heterocycles. The molecule has 0 atom stereocenters. The number of nitrogens with one attached hydrogen (secondary N) is 1. The molecule has 1 aliphatic carbocycles. The molecular formula is C26H34N4O3. The number of carbonyl (C=O) groups excluding carboxylic acids is 2. The molecule has 2 heterocycles. The molecule has 0 saturated heterocycles. The molecular weight excluding hydrogens is 416 g/mol. The van der Waals surface area contributed by atoms with Crippen molar-refractivity contribution in [2.45, 2.75) is 64.5 Å². The van der Waals surface area contributed by atoms with Crippen LogP contribution in [0.5, 0.6) is 0 Å². The molecule has 0 spiro atoms. The van der Waals surface area contributed by atoms with Crippen LogP contribution < -0.4 is 15.1 Å². The van der Waals surface area contributed by atoms with Crippen LogP contribution in [0.3, 0.4) is 0 Å². The van der Waals surface area contributed by atoms with Crippen molar-refractivity contribution in [1.82, 2.24) is 10.3 Å². The number of rotatable bonds is 6. The third-order valence-corrected chi connectivity index (χ3v) is 6.66. The van der Waals surface area contributed by atoms with E-state index in [2.05, 4.69) is 46.4 Å². The van der Waals surface area contributed by atoms with Crippen LogP contribution in [0.1, 0.15) is 56.6 Å². The van der Waals surface area contributed by atoms with E-state index in [1.165, 1.54) is 11.1 Å². The number of amides is 2. The number of carbonyl (C=O) groups is 2. The predicted octanol–water partition coefficient (Wildman–Crippen LogP) is 4.58. The Morgan fingerprint density at radius 3 is 2.58 bits per heavy atom. The smallest absolute Gasteiger partial charge is 0.322 e. The van der Waals surface area contributed by atoms with Crippen LogP contribution >= 0.6 is 0 Å². The van der Waals surface area contributed by atoms with Gasteiger partial charge in [0.25, 0.3) is 0 Å². The summed E-state index contributed by atoms with van der Waals surface area (Å²) < 4.78 is 5.21. The van der Waals surface area contributed by atoms with E-state index in [1.54, 1.807) is 11.1 Å². The van der Waals surface area contributed by atoms with Gasteiger partial charge in [0, 0.05) is 25.8 Å². The summed E-state index contributed by atoms with van der Waals surface area (Å²) >= 11 is 0. The normalized spacial score (nSPS) is 17.3. The molecule has 2 aromatic rings. The van der Waals surface area contributed by atoms with Crippen molar-refractivity contribution in [3.8, 4) is 0 Å². The standard InChI is InChI=1S/C26H34N4O3/c1-3-33-23(31)18-26(13-5-4-6-14-26)28-25(32)30-17-16-29(24-22(30)8-7-15-27-24)19-21-11-9-20(2)10-12-21/h7-12,15H,3-6,13-14,16-19H2,1-2H3,(H,28,32). The Hall–Kier alpha value is -3.09. The number of aryl methyl sites for hydroxylation is 1. The number of hydrogen-bond donors (Lipinski definition) is 1. The highest BCUT2D eigenvalue weighted by Crippen LogP contribution is 2.35. The van der Waals surface area contributed by atoms with Crippen molar-refractivity contribution >= 4 is 23.5 Å². The van der Waals surface area contributed by atoms with Crippen LogP contribution in [-0.2, 0) is 16.1 Å². The fraction of sp³-hybridized carbons (Fsp3) is 0.500. The number of hydrogen-bond acceptors (Lipinski definition) is 5. The summed E-state index contributed by atoms with van der Waals surface area (Å²) in [6.07, 6.45) is 6.72. The maximum Gasteiger partial charge on any atom is 0.322 e. The zero-order valence-electron chi connectivity index (χ0n) is 19.7.